The van der Waals surface area contributed by atoms with Gasteiger partial charge in [-0.2, -0.15) is 0 Å². The van der Waals surface area contributed by atoms with Gasteiger partial charge >= 0.3 is 12.1 Å². The first kappa shape index (κ1) is 19.7. The lowest BCUT2D eigenvalue weighted by atomic mass is 10.1. The molecule has 1 unspecified atom stereocenters. The monoisotopic (exact) mass is 303 g/mol. The van der Waals surface area contributed by atoms with E-state index >= 15 is 0 Å². The quantitative estimate of drug-likeness (QED) is 0.792. The van der Waals surface area contributed by atoms with Crippen LogP contribution in [0.1, 0.15) is 54.4 Å². The van der Waals surface area contributed by atoms with Crippen molar-refractivity contribution in [1.82, 2.24) is 0 Å². The molecule has 6 nitrogen and oxygen atoms in total. The first-order valence-corrected chi connectivity index (χ1v) is 7.17. The molecule has 1 atom stereocenters. The van der Waals surface area contributed by atoms with E-state index in [4.69, 9.17) is 15.2 Å². The Labute approximate surface area is 127 Å². The predicted molar refractivity (Wildman–Crippen MR) is 79.8 cm³/mol. The van der Waals surface area contributed by atoms with E-state index in [0.717, 1.165) is 13.0 Å². The summed E-state index contributed by atoms with van der Waals surface area (Å²) in [6.45, 7) is 12.4. The number of ether oxygens (including phenoxy) is 3. The largest absolute Gasteiger partial charge is 0.460 e. The van der Waals surface area contributed by atoms with Crippen LogP contribution in [0.4, 0.5) is 4.79 Å². The summed E-state index contributed by atoms with van der Waals surface area (Å²) in [5.41, 5.74) is 3.90. The molecule has 0 aromatic rings. The van der Waals surface area contributed by atoms with Crippen molar-refractivity contribution in [3.05, 3.63) is 0 Å². The number of esters is 1. The molecule has 1 fully saturated rings. The normalized spacial score (nSPS) is 18.5. The maximum Gasteiger partial charge on any atom is 0.405 e. The number of carbonyl (C=O) groups excluding carboxylic acids is 2. The highest BCUT2D eigenvalue weighted by molar-refractivity contribution is 5.70. The summed E-state index contributed by atoms with van der Waals surface area (Å²) < 4.78 is 15.0. The van der Waals surface area contributed by atoms with Gasteiger partial charge in [-0.05, 0) is 53.9 Å². The fourth-order valence-electron chi connectivity index (χ4n) is 1.66. The van der Waals surface area contributed by atoms with Gasteiger partial charge in [-0.25, -0.2) is 4.79 Å². The molecule has 0 saturated carbocycles. The SMILES string of the molecule is CC(C)(C)OC(=O)CC1CCOC1.CC(C)(C)OC(N)=O. The highest BCUT2D eigenvalue weighted by atomic mass is 16.6. The fraction of sp³-hybridized carbons (Fsp3) is 0.867. The molecule has 2 N–H and O–H groups in total. The number of amides is 1. The van der Waals surface area contributed by atoms with E-state index in [2.05, 4.69) is 4.74 Å². The molecule has 124 valence electrons. The van der Waals surface area contributed by atoms with Gasteiger partial charge in [0.15, 0.2) is 0 Å². The Bertz CT molecular complexity index is 335. The molecule has 0 aliphatic carbocycles. The van der Waals surface area contributed by atoms with Gasteiger partial charge in [0.1, 0.15) is 11.2 Å². The molecular formula is C15H29NO5. The molecule has 0 bridgehead atoms. The van der Waals surface area contributed by atoms with Crippen LogP contribution in [0, 0.1) is 5.92 Å². The molecule has 1 amide bonds. The van der Waals surface area contributed by atoms with Gasteiger partial charge in [0.05, 0.1) is 13.0 Å². The van der Waals surface area contributed by atoms with E-state index in [0.29, 0.717) is 18.9 Å². The van der Waals surface area contributed by atoms with Gasteiger partial charge in [-0.3, -0.25) is 4.79 Å². The molecule has 21 heavy (non-hydrogen) atoms. The van der Waals surface area contributed by atoms with Crippen molar-refractivity contribution in [3.8, 4) is 0 Å². The summed E-state index contributed by atoms with van der Waals surface area (Å²) in [7, 11) is 0. The van der Waals surface area contributed by atoms with Crippen LogP contribution < -0.4 is 5.73 Å². The van der Waals surface area contributed by atoms with E-state index in [9.17, 15) is 9.59 Å². The average Bonchev–Trinajstić information content (AvgIpc) is 2.63. The Hall–Kier alpha value is -1.30. The van der Waals surface area contributed by atoms with Crippen LogP contribution in [0.5, 0.6) is 0 Å². The standard InChI is InChI=1S/C10H18O3.C5H11NO2/c1-10(2,3)13-9(11)6-8-4-5-12-7-8;1-5(2,3)8-4(6)7/h8H,4-7H2,1-3H3;1-3H3,(H2,6,7). The van der Waals surface area contributed by atoms with Crippen molar-refractivity contribution < 1.29 is 23.8 Å². The zero-order valence-electron chi connectivity index (χ0n) is 14.0. The zero-order chi connectivity index (χ0) is 16.7. The van der Waals surface area contributed by atoms with E-state index < -0.39 is 11.7 Å². The Morgan fingerprint density at radius 1 is 1.10 bits per heavy atom. The van der Waals surface area contributed by atoms with E-state index in [1.807, 2.05) is 20.8 Å². The van der Waals surface area contributed by atoms with Crippen LogP contribution >= 0.6 is 0 Å². The minimum absolute atomic E-state index is 0.108. The number of carbonyl (C=O) groups is 2. The molecule has 6 heteroatoms. The maximum atomic E-state index is 11.3. The summed E-state index contributed by atoms with van der Waals surface area (Å²) in [5.74, 6) is 0.262. The number of hydrogen-bond acceptors (Lipinski definition) is 5. The lowest BCUT2D eigenvalue weighted by Gasteiger charge is -2.20. The second-order valence-corrected chi connectivity index (χ2v) is 7.05. The Morgan fingerprint density at radius 3 is 1.90 bits per heavy atom. The van der Waals surface area contributed by atoms with Crippen LogP contribution in [-0.2, 0) is 19.0 Å². The Balaban J connectivity index is 0.000000433. The molecule has 0 spiro atoms. The van der Waals surface area contributed by atoms with Gasteiger partial charge in [-0.15, -0.1) is 0 Å². The van der Waals surface area contributed by atoms with Crippen molar-refractivity contribution in [2.24, 2.45) is 11.7 Å². The minimum atomic E-state index is -0.725. The summed E-state index contributed by atoms with van der Waals surface area (Å²) in [6.07, 6.45) is 0.758. The molecule has 0 aromatic heterocycles. The average molecular weight is 303 g/mol. The van der Waals surface area contributed by atoms with E-state index in [1.165, 1.54) is 0 Å². The van der Waals surface area contributed by atoms with Crippen molar-refractivity contribution in [1.29, 1.82) is 0 Å². The molecule has 1 rings (SSSR count). The second-order valence-electron chi connectivity index (χ2n) is 7.05. The molecule has 1 aliphatic heterocycles. The first-order chi connectivity index (χ1) is 9.39. The third-order valence-electron chi connectivity index (χ3n) is 2.31. The van der Waals surface area contributed by atoms with Gasteiger partial charge in [0.25, 0.3) is 0 Å². The second kappa shape index (κ2) is 8.22. The van der Waals surface area contributed by atoms with Crippen molar-refractivity contribution in [2.45, 2.75) is 65.6 Å². The molecule has 1 heterocycles. The molecule has 0 aromatic carbocycles. The lowest BCUT2D eigenvalue weighted by Crippen LogP contribution is -2.27. The summed E-state index contributed by atoms with van der Waals surface area (Å²) in [4.78, 5) is 21.4. The zero-order valence-corrected chi connectivity index (χ0v) is 14.0. The van der Waals surface area contributed by atoms with E-state index in [-0.39, 0.29) is 11.6 Å². The fourth-order valence-corrected chi connectivity index (χ4v) is 1.66. The Kier molecular flexibility index (Phi) is 7.71. The van der Waals surface area contributed by atoms with Crippen LogP contribution in [-0.4, -0.2) is 36.5 Å². The molecule has 1 aliphatic rings. The summed E-state index contributed by atoms with van der Waals surface area (Å²) >= 11 is 0. The van der Waals surface area contributed by atoms with Crippen molar-refractivity contribution in [3.63, 3.8) is 0 Å². The predicted octanol–water partition coefficient (Wildman–Crippen LogP) is 2.63. The van der Waals surface area contributed by atoms with Crippen LogP contribution in [0.2, 0.25) is 0 Å². The molecule has 0 radical (unpaired) electrons. The number of primary amides is 1. The number of hydrogen-bond donors (Lipinski definition) is 1. The molecular weight excluding hydrogens is 274 g/mol. The van der Waals surface area contributed by atoms with Gasteiger partial charge in [-0.1, -0.05) is 0 Å². The van der Waals surface area contributed by atoms with Crippen molar-refractivity contribution >= 4 is 12.1 Å². The molecule has 1 saturated heterocycles. The number of nitrogens with two attached hydrogens (primary N) is 1. The third-order valence-corrected chi connectivity index (χ3v) is 2.31. The first-order valence-electron chi connectivity index (χ1n) is 7.17. The summed E-state index contributed by atoms with van der Waals surface area (Å²) in [5, 5.41) is 0. The number of rotatable bonds is 2. The topological polar surface area (TPSA) is 87.8 Å². The smallest absolute Gasteiger partial charge is 0.405 e. The van der Waals surface area contributed by atoms with Gasteiger partial charge in [0.2, 0.25) is 0 Å². The van der Waals surface area contributed by atoms with Gasteiger partial charge in [0, 0.05) is 6.61 Å². The highest BCUT2D eigenvalue weighted by Crippen LogP contribution is 2.18. The lowest BCUT2D eigenvalue weighted by molar-refractivity contribution is -0.155. The highest BCUT2D eigenvalue weighted by Gasteiger charge is 2.23. The van der Waals surface area contributed by atoms with Crippen LogP contribution in [0.15, 0.2) is 0 Å². The van der Waals surface area contributed by atoms with Gasteiger partial charge < -0.3 is 19.9 Å². The van der Waals surface area contributed by atoms with Crippen LogP contribution in [0.3, 0.4) is 0 Å². The minimum Gasteiger partial charge on any atom is -0.460 e. The summed E-state index contributed by atoms with van der Waals surface area (Å²) in [6, 6.07) is 0. The van der Waals surface area contributed by atoms with Crippen molar-refractivity contribution in [2.75, 3.05) is 13.2 Å². The van der Waals surface area contributed by atoms with Crippen LogP contribution in [0.25, 0.3) is 0 Å². The Morgan fingerprint density at radius 2 is 1.62 bits per heavy atom. The third kappa shape index (κ3) is 13.4. The maximum absolute atomic E-state index is 11.3. The van der Waals surface area contributed by atoms with E-state index in [1.54, 1.807) is 20.8 Å².